The van der Waals surface area contributed by atoms with Gasteiger partial charge in [-0.2, -0.15) is 0 Å². The Labute approximate surface area is 158 Å². The van der Waals surface area contributed by atoms with Crippen LogP contribution in [0.5, 0.6) is 5.75 Å². The normalized spacial score (nSPS) is 10.9. The van der Waals surface area contributed by atoms with Gasteiger partial charge in [0.2, 0.25) is 0 Å². The zero-order valence-electron chi connectivity index (χ0n) is 15.6. The molecule has 3 aromatic rings. The van der Waals surface area contributed by atoms with Crippen LogP contribution in [0.25, 0.3) is 10.9 Å². The van der Waals surface area contributed by atoms with E-state index in [9.17, 15) is 14.7 Å². The fourth-order valence-electron chi connectivity index (χ4n) is 3.15. The minimum atomic E-state index is -0.208. The number of aromatic nitrogens is 1. The predicted octanol–water partition coefficient (Wildman–Crippen LogP) is 4.23. The lowest BCUT2D eigenvalue weighted by Crippen LogP contribution is -2.06. The molecule has 0 aliphatic rings. The molecule has 140 valence electrons. The highest BCUT2D eigenvalue weighted by Crippen LogP contribution is 2.26. The number of rotatable bonds is 7. The van der Waals surface area contributed by atoms with Crippen LogP contribution in [-0.2, 0) is 16.1 Å². The van der Waals surface area contributed by atoms with Gasteiger partial charge in [-0.15, -0.1) is 0 Å². The van der Waals surface area contributed by atoms with E-state index < -0.39 is 0 Å². The van der Waals surface area contributed by atoms with E-state index in [2.05, 4.69) is 0 Å². The number of carbonyl (C=O) groups excluding carboxylic acids is 2. The molecule has 0 aliphatic carbocycles. The third kappa shape index (κ3) is 4.03. The summed E-state index contributed by atoms with van der Waals surface area (Å²) in [7, 11) is 0. The minimum Gasteiger partial charge on any atom is -0.508 e. The lowest BCUT2D eigenvalue weighted by atomic mass is 10.0. The number of carbonyl (C=O) groups is 2. The fraction of sp³-hybridized carbons (Fsp3) is 0.273. The Morgan fingerprint density at radius 2 is 1.93 bits per heavy atom. The maximum absolute atomic E-state index is 13.0. The van der Waals surface area contributed by atoms with Gasteiger partial charge < -0.3 is 14.4 Å². The van der Waals surface area contributed by atoms with Crippen molar-refractivity contribution in [3.63, 3.8) is 0 Å². The van der Waals surface area contributed by atoms with Gasteiger partial charge in [0.15, 0.2) is 5.78 Å². The van der Waals surface area contributed by atoms with Crippen molar-refractivity contribution in [2.45, 2.75) is 33.2 Å². The van der Waals surface area contributed by atoms with Crippen molar-refractivity contribution in [1.82, 2.24) is 4.57 Å². The van der Waals surface area contributed by atoms with Crippen LogP contribution in [0, 0.1) is 6.92 Å². The Kier molecular flexibility index (Phi) is 5.60. The monoisotopic (exact) mass is 365 g/mol. The second-order valence-electron chi connectivity index (χ2n) is 6.49. The first kappa shape index (κ1) is 18.7. The molecule has 2 aromatic carbocycles. The number of fused-ring (bicyclic) bond motifs is 1. The van der Waals surface area contributed by atoms with Crippen LogP contribution >= 0.6 is 0 Å². The van der Waals surface area contributed by atoms with Gasteiger partial charge in [-0.25, -0.2) is 0 Å². The van der Waals surface area contributed by atoms with Crippen molar-refractivity contribution in [2.75, 3.05) is 6.61 Å². The Bertz CT molecular complexity index is 987. The number of ketones is 1. The fourth-order valence-corrected chi connectivity index (χ4v) is 3.15. The van der Waals surface area contributed by atoms with Crippen LogP contribution in [-0.4, -0.2) is 28.0 Å². The smallest absolute Gasteiger partial charge is 0.305 e. The molecule has 5 heteroatoms. The molecule has 1 N–H and O–H groups in total. The van der Waals surface area contributed by atoms with Crippen LogP contribution < -0.4 is 0 Å². The molecule has 0 fully saturated rings. The van der Waals surface area contributed by atoms with Gasteiger partial charge >= 0.3 is 5.97 Å². The van der Waals surface area contributed by atoms with Crippen molar-refractivity contribution in [3.05, 3.63) is 65.4 Å². The molecule has 27 heavy (non-hydrogen) atoms. The summed E-state index contributed by atoms with van der Waals surface area (Å²) in [6, 6.07) is 12.7. The zero-order valence-corrected chi connectivity index (χ0v) is 15.6. The lowest BCUT2D eigenvalue weighted by molar-refractivity contribution is -0.143. The molecular weight excluding hydrogens is 342 g/mol. The van der Waals surface area contributed by atoms with Crippen molar-refractivity contribution >= 4 is 22.7 Å². The van der Waals surface area contributed by atoms with Gasteiger partial charge in [-0.05, 0) is 38.0 Å². The maximum atomic E-state index is 13.0. The number of para-hydroxylation sites is 1. The van der Waals surface area contributed by atoms with Crippen LogP contribution in [0.3, 0.4) is 0 Å². The van der Waals surface area contributed by atoms with E-state index in [0.717, 1.165) is 16.5 Å². The van der Waals surface area contributed by atoms with Gasteiger partial charge in [0.25, 0.3) is 0 Å². The lowest BCUT2D eigenvalue weighted by Gasteiger charge is -2.05. The van der Waals surface area contributed by atoms with Crippen molar-refractivity contribution in [3.8, 4) is 5.75 Å². The molecule has 0 radical (unpaired) electrons. The van der Waals surface area contributed by atoms with Crippen molar-refractivity contribution in [2.24, 2.45) is 0 Å². The summed E-state index contributed by atoms with van der Waals surface area (Å²) in [5.74, 6) is -0.231. The SMILES string of the molecule is CCOC(=O)CCCn1cc(C(=O)c2ccc(C)c(O)c2)c2ccccc21. The number of nitrogens with zero attached hydrogens (tertiary/aromatic N) is 1. The van der Waals surface area contributed by atoms with E-state index in [1.807, 2.05) is 35.0 Å². The Balaban J connectivity index is 1.89. The highest BCUT2D eigenvalue weighted by molar-refractivity contribution is 6.16. The van der Waals surface area contributed by atoms with E-state index in [1.54, 1.807) is 26.0 Å². The van der Waals surface area contributed by atoms with Crippen molar-refractivity contribution < 1.29 is 19.4 Å². The van der Waals surface area contributed by atoms with E-state index >= 15 is 0 Å². The first-order chi connectivity index (χ1) is 13.0. The summed E-state index contributed by atoms with van der Waals surface area (Å²) < 4.78 is 6.96. The quantitative estimate of drug-likeness (QED) is 0.502. The van der Waals surface area contributed by atoms with Crippen molar-refractivity contribution in [1.29, 1.82) is 0 Å². The topological polar surface area (TPSA) is 68.5 Å². The van der Waals surface area contributed by atoms with Crippen LogP contribution in [0.4, 0.5) is 0 Å². The molecule has 5 nitrogen and oxygen atoms in total. The number of aromatic hydroxyl groups is 1. The summed E-state index contributed by atoms with van der Waals surface area (Å²) in [5.41, 5.74) is 2.71. The van der Waals surface area contributed by atoms with Gasteiger partial charge in [-0.1, -0.05) is 30.3 Å². The molecule has 0 bridgehead atoms. The summed E-state index contributed by atoms with van der Waals surface area (Å²) in [6.07, 6.45) is 2.81. The molecule has 0 aliphatic heterocycles. The highest BCUT2D eigenvalue weighted by atomic mass is 16.5. The number of ether oxygens (including phenoxy) is 1. The third-order valence-electron chi connectivity index (χ3n) is 4.59. The molecule has 0 unspecified atom stereocenters. The molecule has 0 amide bonds. The number of benzene rings is 2. The molecule has 1 aromatic heterocycles. The first-order valence-electron chi connectivity index (χ1n) is 9.09. The molecule has 0 saturated heterocycles. The summed E-state index contributed by atoms with van der Waals surface area (Å²) in [4.78, 5) is 24.6. The van der Waals surface area contributed by atoms with E-state index in [1.165, 1.54) is 6.07 Å². The average molecular weight is 365 g/mol. The number of phenols is 1. The molecule has 1 heterocycles. The van der Waals surface area contributed by atoms with E-state index in [-0.39, 0.29) is 17.5 Å². The average Bonchev–Trinajstić information content (AvgIpc) is 3.02. The maximum Gasteiger partial charge on any atom is 0.305 e. The Hall–Kier alpha value is -3.08. The van der Waals surface area contributed by atoms with Gasteiger partial charge in [-0.3, -0.25) is 9.59 Å². The van der Waals surface area contributed by atoms with Gasteiger partial charge in [0.1, 0.15) is 5.75 Å². The van der Waals surface area contributed by atoms with Crippen LogP contribution in [0.1, 0.15) is 41.3 Å². The summed E-state index contributed by atoms with van der Waals surface area (Å²) in [5, 5.41) is 10.8. The van der Waals surface area contributed by atoms with Gasteiger partial charge in [0, 0.05) is 41.2 Å². The van der Waals surface area contributed by atoms with Gasteiger partial charge in [0.05, 0.1) is 6.61 Å². The van der Waals surface area contributed by atoms with E-state index in [4.69, 9.17) is 4.74 Å². The van der Waals surface area contributed by atoms with Crippen LogP contribution in [0.15, 0.2) is 48.7 Å². The number of hydrogen-bond donors (Lipinski definition) is 1. The number of phenolic OH excluding ortho intramolecular Hbond substituents is 1. The largest absolute Gasteiger partial charge is 0.508 e. The summed E-state index contributed by atoms with van der Waals surface area (Å²) >= 11 is 0. The third-order valence-corrected chi connectivity index (χ3v) is 4.59. The Morgan fingerprint density at radius 1 is 1.15 bits per heavy atom. The molecule has 0 saturated carbocycles. The number of esters is 1. The number of hydrogen-bond acceptors (Lipinski definition) is 4. The molecule has 3 rings (SSSR count). The molecule has 0 spiro atoms. The molecule has 0 atom stereocenters. The first-order valence-corrected chi connectivity index (χ1v) is 9.09. The number of aryl methyl sites for hydroxylation is 2. The van der Waals surface area contributed by atoms with E-state index in [0.29, 0.717) is 37.1 Å². The highest BCUT2D eigenvalue weighted by Gasteiger charge is 2.17. The zero-order chi connectivity index (χ0) is 19.4. The van der Waals surface area contributed by atoms with Crippen LogP contribution in [0.2, 0.25) is 0 Å². The Morgan fingerprint density at radius 3 is 2.67 bits per heavy atom. The second kappa shape index (κ2) is 8.08. The predicted molar refractivity (Wildman–Crippen MR) is 104 cm³/mol. The second-order valence-corrected chi connectivity index (χ2v) is 6.49. The standard InChI is InChI=1S/C22H23NO4/c1-3-27-21(25)9-6-12-23-14-18(17-7-4-5-8-19(17)23)22(26)16-11-10-15(2)20(24)13-16/h4-5,7-8,10-11,13-14,24H,3,6,9,12H2,1-2H3. The summed E-state index contributed by atoms with van der Waals surface area (Å²) in [6.45, 7) is 4.58. The minimum absolute atomic E-state index is 0.110. The molecular formula is C22H23NO4.